The third-order valence-electron chi connectivity index (χ3n) is 3.86. The van der Waals surface area contributed by atoms with Crippen LogP contribution < -0.4 is 10.1 Å². The lowest BCUT2D eigenvalue weighted by atomic mass is 10.1. The Hall–Kier alpha value is -3.13. The van der Waals surface area contributed by atoms with E-state index in [2.05, 4.69) is 27.1 Å². The van der Waals surface area contributed by atoms with E-state index in [-0.39, 0.29) is 18.4 Å². The van der Waals surface area contributed by atoms with Gasteiger partial charge in [-0.3, -0.25) is 15.3 Å². The second-order valence-corrected chi connectivity index (χ2v) is 8.19. The number of aromatic nitrogens is 3. The maximum atomic E-state index is 12.2. The van der Waals surface area contributed by atoms with E-state index in [1.54, 1.807) is 19.2 Å². The molecule has 0 saturated heterocycles. The number of nitrogens with zero attached hydrogens (tertiary/aromatic N) is 2. The van der Waals surface area contributed by atoms with Crippen molar-refractivity contribution >= 4 is 39.4 Å². The fourth-order valence-electron chi connectivity index (χ4n) is 2.82. The van der Waals surface area contributed by atoms with Gasteiger partial charge < -0.3 is 10.1 Å². The second kappa shape index (κ2) is 8.91. The Morgan fingerprint density at radius 3 is 2.86 bits per heavy atom. The molecule has 3 aromatic rings. The van der Waals surface area contributed by atoms with Crippen molar-refractivity contribution in [3.63, 3.8) is 0 Å². The number of benzene rings is 1. The Kier molecular flexibility index (Phi) is 6.33. The number of hydrogen-bond donors (Lipinski definition) is 3. The lowest BCUT2D eigenvalue weighted by Crippen LogP contribution is -2.12. The zero-order valence-corrected chi connectivity index (χ0v) is 17.4. The van der Waals surface area contributed by atoms with Crippen LogP contribution in [-0.2, 0) is 4.79 Å². The molecule has 1 aromatic carbocycles. The fourth-order valence-corrected chi connectivity index (χ4v) is 3.46. The number of hydrogen-bond acceptors (Lipinski definition) is 6. The molecule has 1 amide bonds. The van der Waals surface area contributed by atoms with Crippen LogP contribution in [0.2, 0.25) is 0 Å². The molecule has 0 unspecified atom stereocenters. The first kappa shape index (κ1) is 20.6. The van der Waals surface area contributed by atoms with Crippen LogP contribution in [0.15, 0.2) is 48.0 Å². The third-order valence-corrected chi connectivity index (χ3v) is 4.60. The summed E-state index contributed by atoms with van der Waals surface area (Å²) in [6.45, 7) is 9.43. The van der Waals surface area contributed by atoms with Crippen molar-refractivity contribution in [2.45, 2.75) is 33.3 Å². The minimum absolute atomic E-state index is 0.0786. The van der Waals surface area contributed by atoms with E-state index in [9.17, 15) is 4.79 Å². The number of fused-ring (bicyclic) bond motifs is 1. The fraction of sp³-hybridized carbons (Fsp3) is 0.238. The molecule has 7 nitrogen and oxygen atoms in total. The van der Waals surface area contributed by atoms with Gasteiger partial charge in [-0.15, -0.1) is 0 Å². The van der Waals surface area contributed by atoms with Gasteiger partial charge in [0.1, 0.15) is 17.3 Å². The number of rotatable bonds is 7. The molecule has 0 bridgehead atoms. The summed E-state index contributed by atoms with van der Waals surface area (Å²) in [5.74, 6) is 0.978. The molecule has 0 aliphatic carbocycles. The minimum Gasteiger partial charge on any atom is -0.491 e. The van der Waals surface area contributed by atoms with Crippen molar-refractivity contribution in [3.05, 3.63) is 48.0 Å². The van der Waals surface area contributed by atoms with Crippen molar-refractivity contribution in [1.29, 1.82) is 5.41 Å². The molecule has 0 spiro atoms. The van der Waals surface area contributed by atoms with Gasteiger partial charge in [-0.25, -0.2) is 4.98 Å². The quantitative estimate of drug-likeness (QED) is 0.377. The molecule has 3 rings (SSSR count). The van der Waals surface area contributed by atoms with Gasteiger partial charge in [0.05, 0.1) is 23.1 Å². The Labute approximate surface area is 173 Å². The van der Waals surface area contributed by atoms with E-state index in [0.717, 1.165) is 27.9 Å². The number of carbonyl (C=O) groups is 1. The van der Waals surface area contributed by atoms with Crippen LogP contribution >= 0.6 is 11.8 Å². The largest absolute Gasteiger partial charge is 0.491 e. The molecule has 0 radical (unpaired) electrons. The standard InChI is InChI=1S/C21H23N5O2S/c1-12(2)28-16-5-6-18-17(11-16)21(26-25-18)15-7-8-23-19(10-15)24-20(27)9-13(3)29-14(4)22/h5-8,10-12,22H,3,9H2,1-2,4H3,(H,25,26)(H,23,24,27). The summed E-state index contributed by atoms with van der Waals surface area (Å²) in [5.41, 5.74) is 2.48. The number of carbonyl (C=O) groups excluding carboxylic acids is 1. The number of aromatic amines is 1. The van der Waals surface area contributed by atoms with Crippen molar-refractivity contribution in [1.82, 2.24) is 15.2 Å². The van der Waals surface area contributed by atoms with E-state index >= 15 is 0 Å². The van der Waals surface area contributed by atoms with Gasteiger partial charge in [0.25, 0.3) is 0 Å². The summed E-state index contributed by atoms with van der Waals surface area (Å²) in [7, 11) is 0. The number of ether oxygens (including phenoxy) is 1. The lowest BCUT2D eigenvalue weighted by Gasteiger charge is -2.09. The van der Waals surface area contributed by atoms with Crippen LogP contribution in [0.4, 0.5) is 5.82 Å². The summed E-state index contributed by atoms with van der Waals surface area (Å²) in [4.78, 5) is 17.1. The normalized spacial score (nSPS) is 10.9. The highest BCUT2D eigenvalue weighted by Crippen LogP contribution is 2.30. The Morgan fingerprint density at radius 2 is 2.14 bits per heavy atom. The van der Waals surface area contributed by atoms with Crippen molar-refractivity contribution in [2.24, 2.45) is 0 Å². The SMILES string of the molecule is C=C(CC(=O)Nc1cc(-c2n[nH]c3ccc(OC(C)C)cc23)ccn1)SC(C)=N. The number of amides is 1. The molecular formula is C21H23N5O2S. The van der Waals surface area contributed by atoms with Gasteiger partial charge >= 0.3 is 0 Å². The molecular weight excluding hydrogens is 386 g/mol. The van der Waals surface area contributed by atoms with Crippen LogP contribution in [0.25, 0.3) is 22.2 Å². The molecule has 2 heterocycles. The van der Waals surface area contributed by atoms with Gasteiger partial charge in [0.15, 0.2) is 0 Å². The molecule has 0 atom stereocenters. The van der Waals surface area contributed by atoms with E-state index < -0.39 is 0 Å². The van der Waals surface area contributed by atoms with E-state index in [4.69, 9.17) is 10.1 Å². The first-order chi connectivity index (χ1) is 13.8. The highest BCUT2D eigenvalue weighted by molar-refractivity contribution is 8.17. The van der Waals surface area contributed by atoms with Crippen molar-refractivity contribution in [3.8, 4) is 17.0 Å². The number of nitrogens with one attached hydrogen (secondary N) is 3. The lowest BCUT2D eigenvalue weighted by molar-refractivity contribution is -0.115. The van der Waals surface area contributed by atoms with Gasteiger partial charge in [0.2, 0.25) is 5.91 Å². The molecule has 3 N–H and O–H groups in total. The van der Waals surface area contributed by atoms with E-state index in [1.807, 2.05) is 38.1 Å². The summed E-state index contributed by atoms with van der Waals surface area (Å²) in [6, 6.07) is 9.41. The predicted octanol–water partition coefficient (Wildman–Crippen LogP) is 4.98. The molecule has 0 fully saturated rings. The molecule has 0 aliphatic rings. The summed E-state index contributed by atoms with van der Waals surface area (Å²) in [5, 5.41) is 19.0. The number of anilines is 1. The molecule has 150 valence electrons. The van der Waals surface area contributed by atoms with Gasteiger partial charge in [-0.2, -0.15) is 5.10 Å². The summed E-state index contributed by atoms with van der Waals surface area (Å²) < 4.78 is 5.79. The Bertz CT molecular complexity index is 1070. The molecule has 29 heavy (non-hydrogen) atoms. The average molecular weight is 410 g/mol. The Balaban J connectivity index is 1.81. The smallest absolute Gasteiger partial charge is 0.230 e. The summed E-state index contributed by atoms with van der Waals surface area (Å²) in [6.07, 6.45) is 1.83. The molecule has 0 aliphatic heterocycles. The zero-order valence-electron chi connectivity index (χ0n) is 16.6. The molecule has 2 aromatic heterocycles. The first-order valence-corrected chi connectivity index (χ1v) is 9.95. The van der Waals surface area contributed by atoms with Gasteiger partial charge in [-0.1, -0.05) is 18.3 Å². The second-order valence-electron chi connectivity index (χ2n) is 6.80. The van der Waals surface area contributed by atoms with Crippen LogP contribution in [-0.4, -0.2) is 32.2 Å². The van der Waals surface area contributed by atoms with Gasteiger partial charge in [0, 0.05) is 17.1 Å². The summed E-state index contributed by atoms with van der Waals surface area (Å²) >= 11 is 1.18. The molecule has 8 heteroatoms. The monoisotopic (exact) mass is 409 g/mol. The maximum Gasteiger partial charge on any atom is 0.230 e. The topological polar surface area (TPSA) is 104 Å². The van der Waals surface area contributed by atoms with E-state index in [1.165, 1.54) is 11.8 Å². The maximum absolute atomic E-state index is 12.2. The first-order valence-electron chi connectivity index (χ1n) is 9.13. The highest BCUT2D eigenvalue weighted by atomic mass is 32.2. The van der Waals surface area contributed by atoms with Crippen LogP contribution in [0.5, 0.6) is 5.75 Å². The predicted molar refractivity (Wildman–Crippen MR) is 118 cm³/mol. The van der Waals surface area contributed by atoms with Gasteiger partial charge in [-0.05, 0) is 56.0 Å². The number of thioether (sulfide) groups is 1. The third kappa shape index (κ3) is 5.45. The zero-order chi connectivity index (χ0) is 21.0. The van der Waals surface area contributed by atoms with Crippen molar-refractivity contribution < 1.29 is 9.53 Å². The average Bonchev–Trinajstić information content (AvgIpc) is 3.03. The van der Waals surface area contributed by atoms with Crippen molar-refractivity contribution in [2.75, 3.05) is 5.32 Å². The molecule has 0 saturated carbocycles. The van der Waals surface area contributed by atoms with Crippen LogP contribution in [0.1, 0.15) is 27.2 Å². The number of pyridine rings is 1. The van der Waals surface area contributed by atoms with E-state index in [0.29, 0.717) is 15.8 Å². The number of H-pyrrole nitrogens is 1. The Morgan fingerprint density at radius 1 is 1.34 bits per heavy atom. The minimum atomic E-state index is -0.229. The van der Waals surface area contributed by atoms with Crippen LogP contribution in [0.3, 0.4) is 0 Å². The highest BCUT2D eigenvalue weighted by Gasteiger charge is 2.12. The van der Waals surface area contributed by atoms with Crippen LogP contribution in [0, 0.1) is 5.41 Å².